The lowest BCUT2D eigenvalue weighted by molar-refractivity contribution is -0.112. The van der Waals surface area contributed by atoms with Crippen LogP contribution in [-0.4, -0.2) is 22.7 Å². The summed E-state index contributed by atoms with van der Waals surface area (Å²) in [6, 6.07) is 12.3. The van der Waals surface area contributed by atoms with Gasteiger partial charge in [-0.3, -0.25) is 4.79 Å². The first kappa shape index (κ1) is 16.9. The Labute approximate surface area is 139 Å². The molecule has 0 unspecified atom stereocenters. The van der Waals surface area contributed by atoms with Crippen LogP contribution in [0.15, 0.2) is 48.0 Å². The fraction of sp³-hybridized carbons (Fsp3) is 0.111. The first-order valence-corrected chi connectivity index (χ1v) is 7.21. The van der Waals surface area contributed by atoms with Crippen molar-refractivity contribution in [1.82, 2.24) is 0 Å². The van der Waals surface area contributed by atoms with Gasteiger partial charge in [-0.1, -0.05) is 6.07 Å². The van der Waals surface area contributed by atoms with Gasteiger partial charge in [0.25, 0.3) is 5.91 Å². The molecule has 0 heterocycles. The summed E-state index contributed by atoms with van der Waals surface area (Å²) in [5.41, 5.74) is 0.907. The average Bonchev–Trinajstić information content (AvgIpc) is 2.57. The van der Waals surface area contributed by atoms with Crippen molar-refractivity contribution < 1.29 is 19.7 Å². The summed E-state index contributed by atoms with van der Waals surface area (Å²) in [6.07, 6.45) is 1.40. The molecule has 24 heavy (non-hydrogen) atoms. The van der Waals surface area contributed by atoms with Gasteiger partial charge in [0, 0.05) is 5.69 Å². The number of nitrogens with zero attached hydrogens (tertiary/aromatic N) is 1. The van der Waals surface area contributed by atoms with Crippen molar-refractivity contribution in [2.75, 3.05) is 11.9 Å². The van der Waals surface area contributed by atoms with E-state index in [2.05, 4.69) is 5.32 Å². The third-order valence-electron chi connectivity index (χ3n) is 3.08. The molecule has 2 rings (SSSR count). The van der Waals surface area contributed by atoms with Crippen molar-refractivity contribution in [2.24, 2.45) is 0 Å². The Balaban J connectivity index is 2.22. The number of aromatic hydroxyl groups is 2. The topological polar surface area (TPSA) is 103 Å². The number of anilines is 1. The van der Waals surface area contributed by atoms with Gasteiger partial charge in [-0.25, -0.2) is 0 Å². The first-order valence-electron chi connectivity index (χ1n) is 7.21. The summed E-state index contributed by atoms with van der Waals surface area (Å²) in [5, 5.41) is 30.7. The molecular formula is C18H16N2O4. The van der Waals surface area contributed by atoms with Crippen LogP contribution in [-0.2, 0) is 4.79 Å². The summed E-state index contributed by atoms with van der Waals surface area (Å²) in [6.45, 7) is 2.17. The molecule has 0 saturated heterocycles. The summed E-state index contributed by atoms with van der Waals surface area (Å²) < 4.78 is 5.27. The van der Waals surface area contributed by atoms with E-state index in [4.69, 9.17) is 4.74 Å². The number of nitriles is 1. The number of carbonyl (C=O) groups is 1. The number of ether oxygens (including phenoxy) is 1. The van der Waals surface area contributed by atoms with Crippen LogP contribution >= 0.6 is 0 Å². The van der Waals surface area contributed by atoms with E-state index in [1.54, 1.807) is 19.1 Å². The van der Waals surface area contributed by atoms with Crippen molar-refractivity contribution in [1.29, 1.82) is 5.26 Å². The second-order valence-electron chi connectivity index (χ2n) is 4.83. The Morgan fingerprint density at radius 1 is 1.25 bits per heavy atom. The van der Waals surface area contributed by atoms with Gasteiger partial charge in [-0.2, -0.15) is 5.26 Å². The Kier molecular flexibility index (Phi) is 5.42. The van der Waals surface area contributed by atoms with E-state index in [0.717, 1.165) is 0 Å². The highest BCUT2D eigenvalue weighted by Crippen LogP contribution is 2.27. The van der Waals surface area contributed by atoms with Gasteiger partial charge in [0.05, 0.1) is 6.61 Å². The molecule has 0 bridgehead atoms. The number of phenolic OH excluding ortho intramolecular Hbond substituents is 2. The van der Waals surface area contributed by atoms with Gasteiger partial charge in [-0.05, 0) is 55.0 Å². The standard InChI is InChI=1S/C18H16N2O4/c1-2-24-17-10-12(3-8-16(17)22)9-13(11-19)18(23)20-14-4-6-15(21)7-5-14/h3-10,21-22H,2H2,1H3,(H,20,23)/b13-9+. The Bertz CT molecular complexity index is 805. The molecule has 6 heteroatoms. The number of hydrogen-bond acceptors (Lipinski definition) is 5. The second-order valence-corrected chi connectivity index (χ2v) is 4.83. The van der Waals surface area contributed by atoms with Crippen LogP contribution in [0.4, 0.5) is 5.69 Å². The second kappa shape index (κ2) is 7.70. The quantitative estimate of drug-likeness (QED) is 0.446. The van der Waals surface area contributed by atoms with E-state index in [-0.39, 0.29) is 22.8 Å². The largest absolute Gasteiger partial charge is 0.508 e. The van der Waals surface area contributed by atoms with Crippen LogP contribution in [0, 0.1) is 11.3 Å². The first-order chi connectivity index (χ1) is 11.5. The zero-order valence-corrected chi connectivity index (χ0v) is 13.0. The molecule has 0 aromatic heterocycles. The molecular weight excluding hydrogens is 308 g/mol. The van der Waals surface area contributed by atoms with Crippen molar-refractivity contribution in [3.8, 4) is 23.3 Å². The predicted molar refractivity (Wildman–Crippen MR) is 89.6 cm³/mol. The van der Waals surface area contributed by atoms with Gasteiger partial charge in [0.2, 0.25) is 0 Å². The SMILES string of the molecule is CCOc1cc(/C=C(\C#N)C(=O)Nc2ccc(O)cc2)ccc1O. The van der Waals surface area contributed by atoms with Crippen LogP contribution < -0.4 is 10.1 Å². The number of amides is 1. The molecule has 122 valence electrons. The lowest BCUT2D eigenvalue weighted by Gasteiger charge is -2.07. The summed E-state index contributed by atoms with van der Waals surface area (Å²) in [5.74, 6) is -0.227. The normalized spacial score (nSPS) is 10.8. The molecule has 3 N–H and O–H groups in total. The predicted octanol–water partition coefficient (Wildman–Crippen LogP) is 3.04. The Morgan fingerprint density at radius 2 is 1.96 bits per heavy atom. The van der Waals surface area contributed by atoms with Crippen LogP contribution in [0.5, 0.6) is 17.2 Å². The number of rotatable bonds is 5. The third-order valence-corrected chi connectivity index (χ3v) is 3.08. The maximum Gasteiger partial charge on any atom is 0.266 e. The van der Waals surface area contributed by atoms with Gasteiger partial charge >= 0.3 is 0 Å². The highest BCUT2D eigenvalue weighted by atomic mass is 16.5. The molecule has 6 nitrogen and oxygen atoms in total. The molecule has 0 fully saturated rings. The molecule has 0 spiro atoms. The van der Waals surface area contributed by atoms with E-state index in [1.165, 1.54) is 36.4 Å². The number of nitrogens with one attached hydrogen (secondary N) is 1. The van der Waals surface area contributed by atoms with Crippen LogP contribution in [0.1, 0.15) is 12.5 Å². The van der Waals surface area contributed by atoms with Crippen LogP contribution in [0.3, 0.4) is 0 Å². The summed E-state index contributed by atoms with van der Waals surface area (Å²) in [4.78, 5) is 12.2. The van der Waals surface area contributed by atoms with Crippen molar-refractivity contribution in [3.63, 3.8) is 0 Å². The van der Waals surface area contributed by atoms with E-state index in [9.17, 15) is 20.3 Å². The van der Waals surface area contributed by atoms with Crippen LogP contribution in [0.25, 0.3) is 6.08 Å². The van der Waals surface area contributed by atoms with Gasteiger partial charge in [0.15, 0.2) is 11.5 Å². The number of benzene rings is 2. The molecule has 1 amide bonds. The smallest absolute Gasteiger partial charge is 0.266 e. The fourth-order valence-electron chi connectivity index (χ4n) is 1.95. The molecule has 0 saturated carbocycles. The van der Waals surface area contributed by atoms with Gasteiger partial charge < -0.3 is 20.3 Å². The monoisotopic (exact) mass is 324 g/mol. The lowest BCUT2D eigenvalue weighted by atomic mass is 10.1. The summed E-state index contributed by atoms with van der Waals surface area (Å²) >= 11 is 0. The van der Waals surface area contributed by atoms with Crippen molar-refractivity contribution in [3.05, 3.63) is 53.6 Å². The summed E-state index contributed by atoms with van der Waals surface area (Å²) in [7, 11) is 0. The van der Waals surface area contributed by atoms with E-state index in [0.29, 0.717) is 17.9 Å². The fourth-order valence-corrected chi connectivity index (χ4v) is 1.95. The maximum atomic E-state index is 12.2. The highest BCUT2D eigenvalue weighted by molar-refractivity contribution is 6.09. The Hall–Kier alpha value is -3.46. The minimum Gasteiger partial charge on any atom is -0.508 e. The molecule has 0 aliphatic heterocycles. The average molecular weight is 324 g/mol. The number of phenols is 2. The number of hydrogen-bond donors (Lipinski definition) is 3. The van der Waals surface area contributed by atoms with E-state index in [1.807, 2.05) is 6.07 Å². The molecule has 0 radical (unpaired) electrons. The van der Waals surface area contributed by atoms with Gasteiger partial charge in [-0.15, -0.1) is 0 Å². The molecule has 2 aromatic rings. The van der Waals surface area contributed by atoms with Crippen molar-refractivity contribution in [2.45, 2.75) is 6.92 Å². The van der Waals surface area contributed by atoms with Crippen molar-refractivity contribution >= 4 is 17.7 Å². The number of carbonyl (C=O) groups excluding carboxylic acids is 1. The molecule has 0 atom stereocenters. The zero-order chi connectivity index (χ0) is 17.5. The minimum absolute atomic E-state index is 0.0129. The highest BCUT2D eigenvalue weighted by Gasteiger charge is 2.10. The molecule has 0 aliphatic rings. The zero-order valence-electron chi connectivity index (χ0n) is 13.0. The third kappa shape index (κ3) is 4.27. The van der Waals surface area contributed by atoms with Crippen LogP contribution in [0.2, 0.25) is 0 Å². The molecule has 0 aliphatic carbocycles. The maximum absolute atomic E-state index is 12.2. The molecule has 2 aromatic carbocycles. The lowest BCUT2D eigenvalue weighted by Crippen LogP contribution is -2.13. The minimum atomic E-state index is -0.575. The van der Waals surface area contributed by atoms with E-state index >= 15 is 0 Å². The Morgan fingerprint density at radius 3 is 2.58 bits per heavy atom. The van der Waals surface area contributed by atoms with Gasteiger partial charge in [0.1, 0.15) is 17.4 Å². The van der Waals surface area contributed by atoms with E-state index < -0.39 is 5.91 Å².